The number of ether oxygens (including phenoxy) is 2. The molecule has 0 unspecified atom stereocenters. The van der Waals surface area contributed by atoms with Gasteiger partial charge >= 0.3 is 5.97 Å². The first-order chi connectivity index (χ1) is 11.2. The Morgan fingerprint density at radius 1 is 1.35 bits per heavy atom. The molecule has 1 aromatic carbocycles. The molecule has 0 amide bonds. The van der Waals surface area contributed by atoms with Crippen molar-refractivity contribution in [2.75, 3.05) is 20.2 Å². The predicted octanol–water partition coefficient (Wildman–Crippen LogP) is 1.63. The Morgan fingerprint density at radius 3 is 2.78 bits per heavy atom. The normalized spacial score (nSPS) is 22.0. The Bertz CT molecular complexity index is 640. The lowest BCUT2D eigenvalue weighted by Crippen LogP contribution is -2.49. The molecule has 122 valence electrons. The number of hydrogen-bond donors (Lipinski definition) is 0. The van der Waals surface area contributed by atoms with Crippen molar-refractivity contribution in [2.45, 2.75) is 25.7 Å². The van der Waals surface area contributed by atoms with Gasteiger partial charge in [-0.2, -0.15) is 0 Å². The van der Waals surface area contributed by atoms with Gasteiger partial charge < -0.3 is 14.0 Å². The molecule has 2 atom stereocenters. The number of rotatable bonds is 4. The molecule has 23 heavy (non-hydrogen) atoms. The van der Waals surface area contributed by atoms with E-state index >= 15 is 0 Å². The number of carbonyl (C=O) groups is 1. The van der Waals surface area contributed by atoms with Crippen LogP contribution in [-0.2, 0) is 20.8 Å². The minimum absolute atomic E-state index is 0.0121. The Morgan fingerprint density at radius 2 is 2.13 bits per heavy atom. The van der Waals surface area contributed by atoms with Gasteiger partial charge in [0.25, 0.3) is 0 Å². The van der Waals surface area contributed by atoms with Crippen molar-refractivity contribution in [1.29, 1.82) is 0 Å². The highest BCUT2D eigenvalue weighted by Crippen LogP contribution is 2.16. The number of esters is 1. The highest BCUT2D eigenvalue weighted by atomic mass is 16.6. The fraction of sp³-hybridized carbons (Fsp3) is 0.412. The first-order valence-electron chi connectivity index (χ1n) is 7.68. The Hall–Kier alpha value is -2.18. The van der Waals surface area contributed by atoms with Crippen molar-refractivity contribution in [3.05, 3.63) is 48.5 Å². The number of morpholine rings is 1. The van der Waals surface area contributed by atoms with Gasteiger partial charge in [-0.3, -0.25) is 4.90 Å². The summed E-state index contributed by atoms with van der Waals surface area (Å²) in [6.45, 7) is 4.12. The second kappa shape index (κ2) is 6.93. The molecule has 6 nitrogen and oxygen atoms in total. The van der Waals surface area contributed by atoms with Crippen LogP contribution >= 0.6 is 0 Å². The highest BCUT2D eigenvalue weighted by Gasteiger charge is 2.30. The number of methoxy groups -OCH3 is 1. The zero-order valence-corrected chi connectivity index (χ0v) is 13.4. The van der Waals surface area contributed by atoms with Crippen LogP contribution in [-0.4, -0.2) is 52.8 Å². The van der Waals surface area contributed by atoms with Crippen molar-refractivity contribution in [3.63, 3.8) is 0 Å². The average molecular weight is 315 g/mol. The summed E-state index contributed by atoms with van der Waals surface area (Å²) in [6.07, 6.45) is 4.96. The number of benzene rings is 1. The second-order valence-electron chi connectivity index (χ2n) is 5.79. The fourth-order valence-electron chi connectivity index (χ4n) is 2.87. The topological polar surface area (TPSA) is 56.6 Å². The molecule has 0 bridgehead atoms. The summed E-state index contributed by atoms with van der Waals surface area (Å²) in [5.41, 5.74) is 2.28. The zero-order chi connectivity index (χ0) is 16.2. The van der Waals surface area contributed by atoms with E-state index in [1.165, 1.54) is 12.7 Å². The maximum Gasteiger partial charge on any atom is 0.336 e. The smallest absolute Gasteiger partial charge is 0.336 e. The first kappa shape index (κ1) is 15.7. The fourth-order valence-corrected chi connectivity index (χ4v) is 2.87. The van der Waals surface area contributed by atoms with Gasteiger partial charge in [-0.1, -0.05) is 12.1 Å². The van der Waals surface area contributed by atoms with Gasteiger partial charge in [0.15, 0.2) is 6.10 Å². The largest absolute Gasteiger partial charge is 0.467 e. The van der Waals surface area contributed by atoms with E-state index in [0.717, 1.165) is 18.8 Å². The number of aromatic nitrogens is 2. The van der Waals surface area contributed by atoms with E-state index in [0.29, 0.717) is 6.54 Å². The minimum Gasteiger partial charge on any atom is -0.467 e. The summed E-state index contributed by atoms with van der Waals surface area (Å²) < 4.78 is 12.4. The molecule has 0 spiro atoms. The molecule has 0 aliphatic carbocycles. The molecule has 2 heterocycles. The Balaban J connectivity index is 1.65. The van der Waals surface area contributed by atoms with Gasteiger partial charge in [0, 0.05) is 37.7 Å². The Labute approximate surface area is 135 Å². The van der Waals surface area contributed by atoms with Crippen LogP contribution in [0.2, 0.25) is 0 Å². The van der Waals surface area contributed by atoms with Crippen molar-refractivity contribution in [3.8, 4) is 5.69 Å². The number of nitrogens with zero attached hydrogens (tertiary/aromatic N) is 3. The third kappa shape index (κ3) is 3.78. The van der Waals surface area contributed by atoms with Gasteiger partial charge in [0.05, 0.1) is 19.5 Å². The highest BCUT2D eigenvalue weighted by molar-refractivity contribution is 5.75. The van der Waals surface area contributed by atoms with Crippen LogP contribution in [0.25, 0.3) is 5.69 Å². The number of imidazole rings is 1. The molecule has 3 rings (SSSR count). The van der Waals surface area contributed by atoms with Crippen LogP contribution in [0.1, 0.15) is 12.5 Å². The maximum atomic E-state index is 11.7. The van der Waals surface area contributed by atoms with Crippen molar-refractivity contribution in [1.82, 2.24) is 14.5 Å². The molecule has 2 aromatic rings. The van der Waals surface area contributed by atoms with E-state index in [-0.39, 0.29) is 12.1 Å². The number of hydrogen-bond acceptors (Lipinski definition) is 5. The lowest BCUT2D eigenvalue weighted by molar-refractivity contribution is -0.166. The molecule has 1 saturated heterocycles. The zero-order valence-electron chi connectivity index (χ0n) is 13.4. The molecule has 1 aliphatic rings. The van der Waals surface area contributed by atoms with Crippen molar-refractivity contribution < 1.29 is 14.3 Å². The van der Waals surface area contributed by atoms with E-state index in [4.69, 9.17) is 9.47 Å². The van der Waals surface area contributed by atoms with E-state index in [9.17, 15) is 4.79 Å². The summed E-state index contributed by atoms with van der Waals surface area (Å²) in [4.78, 5) is 18.0. The van der Waals surface area contributed by atoms with Gasteiger partial charge in [-0.25, -0.2) is 9.78 Å². The van der Waals surface area contributed by atoms with E-state index < -0.39 is 6.10 Å². The van der Waals surface area contributed by atoms with Crippen molar-refractivity contribution in [2.24, 2.45) is 0 Å². The third-order valence-corrected chi connectivity index (χ3v) is 3.95. The summed E-state index contributed by atoms with van der Waals surface area (Å²) in [7, 11) is 1.39. The van der Waals surface area contributed by atoms with Gasteiger partial charge in [-0.05, 0) is 24.6 Å². The summed E-state index contributed by atoms with van der Waals surface area (Å²) in [5.74, 6) is -0.308. The molecule has 1 aliphatic heterocycles. The molecular weight excluding hydrogens is 294 g/mol. The van der Waals surface area contributed by atoms with E-state index in [1.54, 1.807) is 12.5 Å². The quantitative estimate of drug-likeness (QED) is 0.803. The van der Waals surface area contributed by atoms with Crippen LogP contribution in [0, 0.1) is 0 Å². The third-order valence-electron chi connectivity index (χ3n) is 3.95. The molecule has 6 heteroatoms. The van der Waals surface area contributed by atoms with E-state index in [1.807, 2.05) is 17.7 Å². The standard InChI is InChI=1S/C17H21N3O3/c1-13-9-19(11-16(23-13)17(21)22-2)10-14-3-5-15(6-4-14)20-8-7-18-12-20/h3-8,12-13,16H,9-11H2,1-2H3/t13-,16+/m1/s1. The van der Waals surface area contributed by atoms with Crippen molar-refractivity contribution >= 4 is 5.97 Å². The van der Waals surface area contributed by atoms with Gasteiger partial charge in [-0.15, -0.1) is 0 Å². The predicted molar refractivity (Wildman–Crippen MR) is 85.2 cm³/mol. The SMILES string of the molecule is COC(=O)[C@@H]1CN(Cc2ccc(-n3ccnc3)cc2)C[C@@H](C)O1. The lowest BCUT2D eigenvalue weighted by atomic mass is 10.1. The monoisotopic (exact) mass is 315 g/mol. The maximum absolute atomic E-state index is 11.7. The molecule has 0 N–H and O–H groups in total. The van der Waals surface area contributed by atoms with E-state index in [2.05, 4.69) is 34.1 Å². The van der Waals surface area contributed by atoms with Crippen LogP contribution in [0.5, 0.6) is 0 Å². The average Bonchev–Trinajstić information content (AvgIpc) is 3.08. The van der Waals surface area contributed by atoms with Crippen LogP contribution in [0.4, 0.5) is 0 Å². The molecular formula is C17H21N3O3. The first-order valence-corrected chi connectivity index (χ1v) is 7.68. The minimum atomic E-state index is -0.506. The number of carbonyl (C=O) groups excluding carboxylic acids is 1. The second-order valence-corrected chi connectivity index (χ2v) is 5.79. The summed E-state index contributed by atoms with van der Waals surface area (Å²) >= 11 is 0. The molecule has 1 aromatic heterocycles. The Kier molecular flexibility index (Phi) is 4.73. The molecule has 0 radical (unpaired) electrons. The molecule has 1 fully saturated rings. The van der Waals surface area contributed by atoms with Crippen LogP contribution in [0.3, 0.4) is 0 Å². The summed E-state index contributed by atoms with van der Waals surface area (Å²) in [6, 6.07) is 8.34. The van der Waals surface area contributed by atoms with Gasteiger partial charge in [0.1, 0.15) is 0 Å². The van der Waals surface area contributed by atoms with Crippen LogP contribution in [0.15, 0.2) is 43.0 Å². The molecule has 0 saturated carbocycles. The van der Waals surface area contributed by atoms with Gasteiger partial charge in [0.2, 0.25) is 0 Å². The lowest BCUT2D eigenvalue weighted by Gasteiger charge is -2.35. The summed E-state index contributed by atoms with van der Waals surface area (Å²) in [5, 5.41) is 0. The van der Waals surface area contributed by atoms with Crippen LogP contribution < -0.4 is 0 Å².